The first-order chi connectivity index (χ1) is 9.34. The minimum atomic E-state index is -0.205. The van der Waals surface area contributed by atoms with Crippen LogP contribution in [0.3, 0.4) is 0 Å². The fourth-order valence-corrected chi connectivity index (χ4v) is 2.06. The van der Waals surface area contributed by atoms with E-state index in [4.69, 9.17) is 4.74 Å². The fraction of sp³-hybridized carbons (Fsp3) is 0.588. The van der Waals surface area contributed by atoms with Crippen molar-refractivity contribution >= 4 is 35.5 Å². The molecule has 3 heteroatoms. The Hall–Kier alpha value is -0.310. The van der Waals surface area contributed by atoms with Gasteiger partial charge >= 0.3 is 5.97 Å². The molecule has 1 radical (unpaired) electrons. The van der Waals surface area contributed by atoms with Gasteiger partial charge in [-0.15, -0.1) is 0 Å². The minimum Gasteiger partial charge on any atom is -0.462 e. The molecule has 2 nitrogen and oxygen atoms in total. The second kappa shape index (κ2) is 13.7. The van der Waals surface area contributed by atoms with Gasteiger partial charge in [0.1, 0.15) is 0 Å². The van der Waals surface area contributed by atoms with E-state index in [1.54, 1.807) is 12.1 Å². The van der Waals surface area contributed by atoms with Crippen LogP contribution in [0.25, 0.3) is 0 Å². The molecule has 20 heavy (non-hydrogen) atoms. The molecule has 0 aliphatic carbocycles. The smallest absolute Gasteiger partial charge is 0.338 e. The summed E-state index contributed by atoms with van der Waals surface area (Å²) >= 11 is 0. The second-order valence-electron chi connectivity index (χ2n) is 4.98. The topological polar surface area (TPSA) is 26.3 Å². The number of hydrogen-bond acceptors (Lipinski definition) is 2. The molecule has 1 rings (SSSR count). The first-order valence-corrected chi connectivity index (χ1v) is 7.56. The molecule has 0 atom stereocenters. The van der Waals surface area contributed by atoms with Crippen LogP contribution in [0.15, 0.2) is 30.3 Å². The van der Waals surface area contributed by atoms with Crippen molar-refractivity contribution in [2.45, 2.75) is 58.3 Å². The van der Waals surface area contributed by atoms with Gasteiger partial charge in [0.2, 0.25) is 0 Å². The van der Waals surface area contributed by atoms with Crippen LogP contribution in [0.4, 0.5) is 0 Å². The predicted octanol–water partition coefficient (Wildman–Crippen LogP) is 4.60. The Kier molecular flexibility index (Phi) is 13.5. The van der Waals surface area contributed by atoms with Gasteiger partial charge in [-0.25, -0.2) is 4.79 Å². The van der Waals surface area contributed by atoms with Gasteiger partial charge < -0.3 is 4.74 Å². The van der Waals surface area contributed by atoms with Crippen LogP contribution < -0.4 is 0 Å². The first-order valence-electron chi connectivity index (χ1n) is 7.56. The number of carbonyl (C=O) groups is 1. The molecule has 0 spiro atoms. The van der Waals surface area contributed by atoms with E-state index in [1.165, 1.54) is 38.5 Å². The zero-order valence-corrected chi connectivity index (χ0v) is 15.1. The number of hydrogen-bond donors (Lipinski definition) is 0. The molecular formula is C17H26NaO2. The van der Waals surface area contributed by atoms with Crippen molar-refractivity contribution in [1.29, 1.82) is 0 Å². The summed E-state index contributed by atoms with van der Waals surface area (Å²) < 4.78 is 5.23. The van der Waals surface area contributed by atoms with Gasteiger partial charge in [0, 0.05) is 29.6 Å². The Balaban J connectivity index is 0.00000361. The maximum absolute atomic E-state index is 11.6. The van der Waals surface area contributed by atoms with Crippen molar-refractivity contribution in [3.05, 3.63) is 35.9 Å². The number of ether oxygens (including phenoxy) is 1. The average Bonchev–Trinajstić information content (AvgIpc) is 2.46. The van der Waals surface area contributed by atoms with Crippen molar-refractivity contribution in [2.75, 3.05) is 6.61 Å². The quantitative estimate of drug-likeness (QED) is 0.357. The molecule has 0 fully saturated rings. The van der Waals surface area contributed by atoms with E-state index in [9.17, 15) is 4.79 Å². The van der Waals surface area contributed by atoms with Crippen molar-refractivity contribution in [1.82, 2.24) is 0 Å². The monoisotopic (exact) mass is 285 g/mol. The maximum atomic E-state index is 11.6. The van der Waals surface area contributed by atoms with E-state index in [1.807, 2.05) is 18.2 Å². The van der Waals surface area contributed by atoms with Gasteiger partial charge in [-0.1, -0.05) is 70.1 Å². The zero-order valence-electron chi connectivity index (χ0n) is 13.1. The van der Waals surface area contributed by atoms with Crippen LogP contribution in [0, 0.1) is 0 Å². The Morgan fingerprint density at radius 3 is 2.05 bits per heavy atom. The summed E-state index contributed by atoms with van der Waals surface area (Å²) in [4.78, 5) is 11.6. The zero-order chi connectivity index (χ0) is 13.8. The van der Waals surface area contributed by atoms with E-state index < -0.39 is 0 Å². The molecule has 0 heterocycles. The van der Waals surface area contributed by atoms with Crippen LogP contribution in [-0.4, -0.2) is 42.1 Å². The molecule has 0 aliphatic heterocycles. The number of rotatable bonds is 10. The van der Waals surface area contributed by atoms with Gasteiger partial charge in [0.25, 0.3) is 0 Å². The van der Waals surface area contributed by atoms with Gasteiger partial charge in [0.15, 0.2) is 0 Å². The SMILES string of the molecule is CCCCCCCCCCOC(=O)c1ccccc1.[Na]. The normalized spacial score (nSPS) is 9.85. The van der Waals surface area contributed by atoms with Crippen molar-refractivity contribution in [2.24, 2.45) is 0 Å². The van der Waals surface area contributed by atoms with E-state index in [0.29, 0.717) is 12.2 Å². The summed E-state index contributed by atoms with van der Waals surface area (Å²) in [7, 11) is 0. The molecule has 0 aromatic heterocycles. The van der Waals surface area contributed by atoms with Gasteiger partial charge in [-0.2, -0.15) is 0 Å². The van der Waals surface area contributed by atoms with Crippen molar-refractivity contribution in [3.8, 4) is 0 Å². The third-order valence-electron chi connectivity index (χ3n) is 3.24. The molecule has 0 aliphatic rings. The molecule has 0 unspecified atom stereocenters. The summed E-state index contributed by atoms with van der Waals surface area (Å²) in [6, 6.07) is 9.18. The Bertz CT molecular complexity index is 338. The largest absolute Gasteiger partial charge is 0.462 e. The van der Waals surface area contributed by atoms with Gasteiger partial charge in [0.05, 0.1) is 12.2 Å². The average molecular weight is 285 g/mol. The van der Waals surface area contributed by atoms with E-state index in [-0.39, 0.29) is 35.5 Å². The maximum Gasteiger partial charge on any atom is 0.338 e. The van der Waals surface area contributed by atoms with Crippen LogP contribution >= 0.6 is 0 Å². The molecule has 0 bridgehead atoms. The first kappa shape index (κ1) is 19.7. The predicted molar refractivity (Wildman–Crippen MR) is 85.1 cm³/mol. The van der Waals surface area contributed by atoms with E-state index in [2.05, 4.69) is 6.92 Å². The number of carbonyl (C=O) groups excluding carboxylic acids is 1. The van der Waals surface area contributed by atoms with Gasteiger partial charge in [-0.05, 0) is 18.6 Å². The van der Waals surface area contributed by atoms with Gasteiger partial charge in [-0.3, -0.25) is 0 Å². The fourth-order valence-electron chi connectivity index (χ4n) is 2.06. The molecule has 1 aromatic rings. The minimum absolute atomic E-state index is 0. The van der Waals surface area contributed by atoms with Crippen molar-refractivity contribution in [3.63, 3.8) is 0 Å². The second-order valence-corrected chi connectivity index (χ2v) is 4.98. The van der Waals surface area contributed by atoms with Crippen LogP contribution in [0.2, 0.25) is 0 Å². The summed E-state index contributed by atoms with van der Waals surface area (Å²) in [5.41, 5.74) is 0.641. The van der Waals surface area contributed by atoms with E-state index >= 15 is 0 Å². The molecule has 107 valence electrons. The Morgan fingerprint density at radius 2 is 1.45 bits per heavy atom. The number of benzene rings is 1. The Labute approximate surface area is 145 Å². The summed E-state index contributed by atoms with van der Waals surface area (Å²) in [5.74, 6) is -0.205. The summed E-state index contributed by atoms with van der Waals surface area (Å²) in [6.07, 6.45) is 10.1. The standard InChI is InChI=1S/C17H26O2.Na/c1-2-3-4-5-6-7-8-12-15-19-17(18)16-13-10-9-11-14-16;/h9-11,13-14H,2-8,12,15H2,1H3;. The molecule has 0 amide bonds. The molecule has 0 N–H and O–H groups in total. The molecule has 0 saturated carbocycles. The number of unbranched alkanes of at least 4 members (excludes halogenated alkanes) is 7. The molecular weight excluding hydrogens is 259 g/mol. The van der Waals surface area contributed by atoms with Crippen LogP contribution in [0.5, 0.6) is 0 Å². The molecule has 1 aromatic carbocycles. The Morgan fingerprint density at radius 1 is 0.900 bits per heavy atom. The summed E-state index contributed by atoms with van der Waals surface area (Å²) in [5, 5.41) is 0. The van der Waals surface area contributed by atoms with Crippen LogP contribution in [-0.2, 0) is 4.74 Å². The third kappa shape index (κ3) is 9.57. The number of esters is 1. The van der Waals surface area contributed by atoms with Crippen molar-refractivity contribution < 1.29 is 9.53 Å². The molecule has 0 saturated heterocycles. The third-order valence-corrected chi connectivity index (χ3v) is 3.24. The van der Waals surface area contributed by atoms with Crippen LogP contribution in [0.1, 0.15) is 68.6 Å². The van der Waals surface area contributed by atoms with E-state index in [0.717, 1.165) is 12.8 Å². The summed E-state index contributed by atoms with van der Waals surface area (Å²) in [6.45, 7) is 2.78.